The number of hydrogen-bond donors (Lipinski definition) is 1. The van der Waals surface area contributed by atoms with Gasteiger partial charge in [0.25, 0.3) is 0 Å². The molecule has 0 aliphatic carbocycles. The summed E-state index contributed by atoms with van der Waals surface area (Å²) in [6.45, 7) is 0. The van der Waals surface area contributed by atoms with Crippen LogP contribution in [0.4, 0.5) is 11.4 Å². The molecule has 3 heteroatoms. The van der Waals surface area contributed by atoms with Crippen LogP contribution in [0.1, 0.15) is 0 Å². The molecule has 0 spiro atoms. The molecule has 0 bridgehead atoms. The molecule has 3 nitrogen and oxygen atoms in total. The molecular weight excluding hydrogens is 669 g/mol. The van der Waals surface area contributed by atoms with Crippen molar-refractivity contribution in [2.75, 3.05) is 5.32 Å². The van der Waals surface area contributed by atoms with E-state index in [0.717, 1.165) is 33.3 Å². The SMILES string of the molecule is c1ccc(-n2c3ccccc3c3cc(-c4ccc(-c5ccc(-c6ccc(Nc7cccc8c7oc7ccc9ccccc9c78)cc6)cc5)cc4)ccc32)cc1. The van der Waals surface area contributed by atoms with Gasteiger partial charge in [-0.3, -0.25) is 0 Å². The van der Waals surface area contributed by atoms with Gasteiger partial charge in [0.2, 0.25) is 0 Å². The van der Waals surface area contributed by atoms with E-state index in [0.29, 0.717) is 0 Å². The summed E-state index contributed by atoms with van der Waals surface area (Å²) < 4.78 is 8.77. The minimum absolute atomic E-state index is 0.870. The zero-order valence-electron chi connectivity index (χ0n) is 29.9. The normalized spacial score (nSPS) is 11.6. The largest absolute Gasteiger partial charge is 0.454 e. The maximum absolute atomic E-state index is 6.41. The summed E-state index contributed by atoms with van der Waals surface area (Å²) in [5.41, 5.74) is 14.5. The smallest absolute Gasteiger partial charge is 0.158 e. The minimum atomic E-state index is 0.870. The van der Waals surface area contributed by atoms with Crippen molar-refractivity contribution in [2.45, 2.75) is 0 Å². The molecule has 11 aromatic rings. The molecule has 0 radical (unpaired) electrons. The van der Waals surface area contributed by atoms with Gasteiger partial charge in [0.1, 0.15) is 5.58 Å². The van der Waals surface area contributed by atoms with E-state index in [4.69, 9.17) is 4.42 Å². The number of aromatic nitrogens is 1. The fourth-order valence-electron chi connectivity index (χ4n) is 8.29. The first-order valence-electron chi connectivity index (χ1n) is 18.8. The fraction of sp³-hybridized carbons (Fsp3) is 0. The van der Waals surface area contributed by atoms with Crippen LogP contribution in [-0.2, 0) is 0 Å². The van der Waals surface area contributed by atoms with E-state index < -0.39 is 0 Å². The van der Waals surface area contributed by atoms with Gasteiger partial charge in [-0.15, -0.1) is 0 Å². The Labute approximate surface area is 318 Å². The standard InChI is InChI=1S/C52H34N2O/c1-2-10-42(11-3-1)54-48-16-7-6-13-44(48)46-33-40(27-31-49(46)54)38-23-21-35(22-24-38)34-17-19-36(20-18-34)37-25-29-41(30-26-37)53-47-15-8-14-45-51-43-12-5-4-9-39(43)28-32-50(51)55-52(45)47/h1-33,53H. The monoisotopic (exact) mass is 702 g/mol. The zero-order chi connectivity index (χ0) is 36.3. The van der Waals surface area contributed by atoms with Crippen LogP contribution < -0.4 is 5.32 Å². The van der Waals surface area contributed by atoms with Gasteiger partial charge < -0.3 is 14.3 Å². The van der Waals surface area contributed by atoms with E-state index in [1.165, 1.54) is 71.6 Å². The van der Waals surface area contributed by atoms with Crippen molar-refractivity contribution in [3.05, 3.63) is 200 Å². The van der Waals surface area contributed by atoms with Crippen LogP contribution in [-0.4, -0.2) is 4.57 Å². The molecule has 0 fully saturated rings. The highest BCUT2D eigenvalue weighted by molar-refractivity contribution is 6.20. The fourth-order valence-corrected chi connectivity index (χ4v) is 8.29. The summed E-state index contributed by atoms with van der Waals surface area (Å²) in [6, 6.07) is 71.5. The topological polar surface area (TPSA) is 30.1 Å². The van der Waals surface area contributed by atoms with Gasteiger partial charge >= 0.3 is 0 Å². The van der Waals surface area contributed by atoms with E-state index in [1.807, 2.05) is 0 Å². The number of fused-ring (bicyclic) bond motifs is 8. The number of benzene rings is 9. The van der Waals surface area contributed by atoms with Gasteiger partial charge in [0.05, 0.1) is 16.7 Å². The second-order valence-corrected chi connectivity index (χ2v) is 14.2. The zero-order valence-corrected chi connectivity index (χ0v) is 29.9. The molecule has 0 saturated heterocycles. The van der Waals surface area contributed by atoms with Crippen molar-refractivity contribution in [1.82, 2.24) is 4.57 Å². The third-order valence-corrected chi connectivity index (χ3v) is 11.0. The number of hydrogen-bond acceptors (Lipinski definition) is 2. The van der Waals surface area contributed by atoms with Crippen LogP contribution in [0, 0.1) is 0 Å². The Morgan fingerprint density at radius 3 is 1.67 bits per heavy atom. The van der Waals surface area contributed by atoms with Gasteiger partial charge in [-0.1, -0.05) is 146 Å². The molecular formula is C52H34N2O. The highest BCUT2D eigenvalue weighted by atomic mass is 16.3. The maximum Gasteiger partial charge on any atom is 0.158 e. The van der Waals surface area contributed by atoms with Crippen molar-refractivity contribution in [3.8, 4) is 39.1 Å². The van der Waals surface area contributed by atoms with E-state index in [1.54, 1.807) is 0 Å². The average Bonchev–Trinajstić information content (AvgIpc) is 3.81. The maximum atomic E-state index is 6.41. The molecule has 0 amide bonds. The van der Waals surface area contributed by atoms with Crippen LogP contribution in [0.25, 0.3) is 93.6 Å². The summed E-state index contributed by atoms with van der Waals surface area (Å²) >= 11 is 0. The Kier molecular flexibility index (Phi) is 7.17. The molecule has 55 heavy (non-hydrogen) atoms. The molecule has 0 aliphatic heterocycles. The summed E-state index contributed by atoms with van der Waals surface area (Å²) in [6.07, 6.45) is 0. The van der Waals surface area contributed by atoms with Crippen LogP contribution >= 0.6 is 0 Å². The Bertz CT molecular complexity index is 3190. The molecule has 1 N–H and O–H groups in total. The number of nitrogens with one attached hydrogen (secondary N) is 1. The van der Waals surface area contributed by atoms with Gasteiger partial charge in [0, 0.05) is 32.9 Å². The molecule has 0 saturated carbocycles. The molecule has 0 unspecified atom stereocenters. The molecule has 2 aromatic heterocycles. The molecule has 11 rings (SSSR count). The van der Waals surface area contributed by atoms with E-state index >= 15 is 0 Å². The van der Waals surface area contributed by atoms with Gasteiger partial charge in [-0.25, -0.2) is 0 Å². The lowest BCUT2D eigenvalue weighted by Crippen LogP contribution is -1.92. The lowest BCUT2D eigenvalue weighted by Gasteiger charge is -2.10. The van der Waals surface area contributed by atoms with Crippen LogP contribution in [0.2, 0.25) is 0 Å². The lowest BCUT2D eigenvalue weighted by atomic mass is 9.97. The highest BCUT2D eigenvalue weighted by Crippen LogP contribution is 2.39. The molecule has 9 aromatic carbocycles. The third kappa shape index (κ3) is 5.28. The summed E-state index contributed by atoms with van der Waals surface area (Å²) in [5, 5.41) is 10.8. The average molecular weight is 703 g/mol. The molecule has 2 heterocycles. The second-order valence-electron chi connectivity index (χ2n) is 14.2. The van der Waals surface area contributed by atoms with Crippen LogP contribution in [0.15, 0.2) is 205 Å². The van der Waals surface area contributed by atoms with Gasteiger partial charge in [-0.2, -0.15) is 0 Å². The van der Waals surface area contributed by atoms with Crippen molar-refractivity contribution in [2.24, 2.45) is 0 Å². The Hall–Kier alpha value is -7.36. The Morgan fingerprint density at radius 2 is 0.945 bits per heavy atom. The Morgan fingerprint density at radius 1 is 0.382 bits per heavy atom. The van der Waals surface area contributed by atoms with E-state index in [2.05, 4.69) is 210 Å². The number of furan rings is 1. The highest BCUT2D eigenvalue weighted by Gasteiger charge is 2.15. The summed E-state index contributed by atoms with van der Waals surface area (Å²) in [5.74, 6) is 0. The summed E-state index contributed by atoms with van der Waals surface area (Å²) in [7, 11) is 0. The van der Waals surface area contributed by atoms with Crippen LogP contribution in [0.3, 0.4) is 0 Å². The number of anilines is 2. The predicted molar refractivity (Wildman–Crippen MR) is 232 cm³/mol. The predicted octanol–water partition coefficient (Wildman–Crippen LogP) is 14.6. The molecule has 0 atom stereocenters. The minimum Gasteiger partial charge on any atom is -0.454 e. The van der Waals surface area contributed by atoms with Gasteiger partial charge in [0.15, 0.2) is 5.58 Å². The number of nitrogens with zero attached hydrogens (tertiary/aromatic N) is 1. The quantitative estimate of drug-likeness (QED) is 0.187. The van der Waals surface area contributed by atoms with Crippen molar-refractivity contribution in [3.63, 3.8) is 0 Å². The van der Waals surface area contributed by atoms with Gasteiger partial charge in [-0.05, 0) is 98.8 Å². The van der Waals surface area contributed by atoms with E-state index in [9.17, 15) is 0 Å². The second kappa shape index (κ2) is 12.6. The first kappa shape index (κ1) is 31.2. The molecule has 258 valence electrons. The number of rotatable bonds is 6. The van der Waals surface area contributed by atoms with Crippen molar-refractivity contribution >= 4 is 65.9 Å². The van der Waals surface area contributed by atoms with Crippen molar-refractivity contribution < 1.29 is 4.42 Å². The first-order chi connectivity index (χ1) is 27.2. The first-order valence-corrected chi connectivity index (χ1v) is 18.8. The number of para-hydroxylation sites is 3. The van der Waals surface area contributed by atoms with Crippen LogP contribution in [0.5, 0.6) is 0 Å². The summed E-state index contributed by atoms with van der Waals surface area (Å²) in [4.78, 5) is 0. The van der Waals surface area contributed by atoms with E-state index in [-0.39, 0.29) is 0 Å². The lowest BCUT2D eigenvalue weighted by molar-refractivity contribution is 0.670. The Balaban J connectivity index is 0.830. The third-order valence-electron chi connectivity index (χ3n) is 11.0. The molecule has 0 aliphatic rings. The van der Waals surface area contributed by atoms with Crippen molar-refractivity contribution in [1.29, 1.82) is 0 Å².